The highest BCUT2D eigenvalue weighted by Crippen LogP contribution is 2.47. The number of aromatic nitrogens is 3. The van der Waals surface area contributed by atoms with E-state index in [-0.39, 0.29) is 6.04 Å². The molecule has 6 rings (SSSR count). The molecule has 3 aromatic rings. The molecule has 9 nitrogen and oxygen atoms in total. The van der Waals surface area contributed by atoms with Crippen LogP contribution in [0, 0.1) is 0 Å². The Morgan fingerprint density at radius 1 is 0.976 bits per heavy atom. The molecule has 0 saturated heterocycles. The third-order valence-corrected chi connectivity index (χ3v) is 8.56. The molecule has 0 spiro atoms. The van der Waals surface area contributed by atoms with Gasteiger partial charge in [0.2, 0.25) is 6.79 Å². The van der Waals surface area contributed by atoms with Crippen molar-refractivity contribution in [3.63, 3.8) is 0 Å². The van der Waals surface area contributed by atoms with E-state index in [1.54, 1.807) is 24.4 Å². The summed E-state index contributed by atoms with van der Waals surface area (Å²) >= 11 is 0. The van der Waals surface area contributed by atoms with Crippen molar-refractivity contribution in [1.29, 1.82) is 0 Å². The van der Waals surface area contributed by atoms with Crippen molar-refractivity contribution in [3.05, 3.63) is 58.7 Å². The van der Waals surface area contributed by atoms with E-state index in [0.29, 0.717) is 13.4 Å². The van der Waals surface area contributed by atoms with E-state index in [4.69, 9.17) is 18.9 Å². The largest absolute Gasteiger partial charge is 0.493 e. The summed E-state index contributed by atoms with van der Waals surface area (Å²) in [7, 11) is 1.72. The molecule has 0 N–H and O–H groups in total. The molecule has 1 aromatic heterocycles. The van der Waals surface area contributed by atoms with Crippen LogP contribution in [0.5, 0.6) is 23.0 Å². The fourth-order valence-electron chi connectivity index (χ4n) is 6.35. The molecule has 9 heteroatoms. The minimum atomic E-state index is 0.247. The number of hydrogen-bond acceptors (Lipinski definition) is 8. The molecular weight excluding hydrogens is 518 g/mol. The third kappa shape index (κ3) is 6.05. The zero-order valence-electron chi connectivity index (χ0n) is 24.3. The average molecular weight is 560 g/mol. The van der Waals surface area contributed by atoms with Crippen LogP contribution in [0.15, 0.2) is 36.0 Å². The molecule has 1 unspecified atom stereocenters. The second kappa shape index (κ2) is 12.9. The van der Waals surface area contributed by atoms with Gasteiger partial charge >= 0.3 is 0 Å². The molecule has 1 atom stereocenters. The summed E-state index contributed by atoms with van der Waals surface area (Å²) in [6, 6.07) is 6.67. The predicted molar refractivity (Wildman–Crippen MR) is 157 cm³/mol. The number of fused-ring (bicyclic) bond motifs is 5. The number of rotatable bonds is 13. The third-order valence-electron chi connectivity index (χ3n) is 8.56. The molecule has 4 heterocycles. The quantitative estimate of drug-likeness (QED) is 0.186. The van der Waals surface area contributed by atoms with Crippen molar-refractivity contribution in [3.8, 4) is 23.0 Å². The van der Waals surface area contributed by atoms with E-state index >= 15 is 0 Å². The summed E-state index contributed by atoms with van der Waals surface area (Å²) in [5.41, 5.74) is 6.15. The van der Waals surface area contributed by atoms with Gasteiger partial charge in [-0.15, -0.1) is 10.2 Å². The zero-order chi connectivity index (χ0) is 28.0. The van der Waals surface area contributed by atoms with Gasteiger partial charge in [-0.1, -0.05) is 51.9 Å². The van der Waals surface area contributed by atoms with Crippen LogP contribution in [0.3, 0.4) is 0 Å². The molecule has 2 aromatic carbocycles. The Morgan fingerprint density at radius 2 is 1.73 bits per heavy atom. The monoisotopic (exact) mass is 559 g/mol. The number of unbranched alkanes of at least 4 members (excludes halogenated alkanes) is 7. The molecule has 3 aliphatic heterocycles. The molecule has 0 fully saturated rings. The van der Waals surface area contributed by atoms with Crippen LogP contribution in [-0.4, -0.2) is 53.0 Å². The number of benzene rings is 2. The topological polar surface area (TPSA) is 83.2 Å². The lowest BCUT2D eigenvalue weighted by Crippen LogP contribution is -2.40. The lowest BCUT2D eigenvalue weighted by atomic mass is 9.82. The van der Waals surface area contributed by atoms with Gasteiger partial charge in [0.1, 0.15) is 12.7 Å². The van der Waals surface area contributed by atoms with E-state index in [2.05, 4.69) is 45.3 Å². The van der Waals surface area contributed by atoms with Crippen LogP contribution in [0.1, 0.15) is 92.1 Å². The van der Waals surface area contributed by atoms with Crippen LogP contribution in [0.4, 0.5) is 0 Å². The maximum Gasteiger partial charge on any atom is 0.231 e. The number of nitrogens with zero attached hydrogens (tertiary/aromatic N) is 5. The average Bonchev–Trinajstić information content (AvgIpc) is 3.69. The van der Waals surface area contributed by atoms with Crippen LogP contribution in [0.25, 0.3) is 0 Å². The van der Waals surface area contributed by atoms with E-state index in [1.807, 2.05) is 6.21 Å². The van der Waals surface area contributed by atoms with E-state index < -0.39 is 0 Å². The van der Waals surface area contributed by atoms with Gasteiger partial charge in [-0.2, -0.15) is 5.10 Å². The van der Waals surface area contributed by atoms with Gasteiger partial charge in [0, 0.05) is 30.3 Å². The summed E-state index contributed by atoms with van der Waals surface area (Å²) in [5, 5.41) is 12.3. The van der Waals surface area contributed by atoms with E-state index in [0.717, 1.165) is 60.9 Å². The van der Waals surface area contributed by atoms with Crippen molar-refractivity contribution in [2.75, 3.05) is 27.1 Å². The van der Waals surface area contributed by atoms with Crippen molar-refractivity contribution in [1.82, 2.24) is 19.8 Å². The Morgan fingerprint density at radius 3 is 2.51 bits per heavy atom. The molecule has 0 bridgehead atoms. The summed E-state index contributed by atoms with van der Waals surface area (Å²) in [6.45, 7) is 5.03. The maximum atomic E-state index is 6.53. The Labute approximate surface area is 242 Å². The minimum Gasteiger partial charge on any atom is -0.493 e. The number of hydrogen-bond donors (Lipinski definition) is 0. The summed E-state index contributed by atoms with van der Waals surface area (Å²) in [6.07, 6.45) is 17.1. The molecule has 0 amide bonds. The first-order valence-corrected chi connectivity index (χ1v) is 15.2. The van der Waals surface area contributed by atoms with E-state index in [1.165, 1.54) is 67.2 Å². The van der Waals surface area contributed by atoms with Crippen molar-refractivity contribution in [2.24, 2.45) is 5.10 Å². The number of ether oxygens (including phenoxy) is 4. The molecule has 0 aliphatic carbocycles. The van der Waals surface area contributed by atoms with Crippen LogP contribution >= 0.6 is 0 Å². The summed E-state index contributed by atoms with van der Waals surface area (Å²) in [4.78, 5) is 2.57. The van der Waals surface area contributed by atoms with Gasteiger partial charge in [-0.05, 0) is 54.2 Å². The molecule has 41 heavy (non-hydrogen) atoms. The SMILES string of the molecule is CCCCCCCCCCOc1c(OC)cc(/C=N/n2cnnc2)c2c1CN1CCc3cc4c(cc3C1C2)OCO4. The maximum absolute atomic E-state index is 6.53. The van der Waals surface area contributed by atoms with Gasteiger partial charge in [0.25, 0.3) is 0 Å². The first kappa shape index (κ1) is 27.6. The Hall–Kier alpha value is -3.59. The molecule has 0 radical (unpaired) electrons. The smallest absolute Gasteiger partial charge is 0.231 e. The van der Waals surface area contributed by atoms with Crippen molar-refractivity contribution in [2.45, 2.75) is 83.7 Å². The molecule has 3 aliphatic rings. The van der Waals surface area contributed by atoms with Gasteiger partial charge in [0.05, 0.1) is 19.9 Å². The normalized spacial score (nSPS) is 17.4. The Bertz CT molecular complexity index is 1360. The highest BCUT2D eigenvalue weighted by molar-refractivity contribution is 5.84. The van der Waals surface area contributed by atoms with Gasteiger partial charge < -0.3 is 18.9 Å². The molecule has 218 valence electrons. The highest BCUT2D eigenvalue weighted by Gasteiger charge is 2.36. The molecule has 0 saturated carbocycles. The second-order valence-corrected chi connectivity index (χ2v) is 11.2. The fraction of sp³-hybridized carbons (Fsp3) is 0.531. The van der Waals surface area contributed by atoms with Crippen molar-refractivity contribution < 1.29 is 18.9 Å². The first-order valence-electron chi connectivity index (χ1n) is 15.2. The predicted octanol–water partition coefficient (Wildman–Crippen LogP) is 6.07. The van der Waals surface area contributed by atoms with Crippen LogP contribution < -0.4 is 18.9 Å². The van der Waals surface area contributed by atoms with Gasteiger partial charge in [-0.25, -0.2) is 4.68 Å². The number of methoxy groups -OCH3 is 1. The van der Waals surface area contributed by atoms with Crippen LogP contribution in [-0.2, 0) is 19.4 Å². The summed E-state index contributed by atoms with van der Waals surface area (Å²) in [5.74, 6) is 3.33. The second-order valence-electron chi connectivity index (χ2n) is 11.2. The standard InChI is InChI=1S/C32H41N5O4/c1-3-4-5-6-7-8-9-10-13-39-32-27-19-36-12-11-23-14-29-30(41-22-40-29)17-26(23)28(36)16-25(27)24(15-31(32)38-2)18-35-37-20-33-34-21-37/h14-15,17-18,20-21,28H,3-13,16,19,22H2,1-2H3/b35-18+. The van der Waals surface area contributed by atoms with E-state index in [9.17, 15) is 0 Å². The Balaban J connectivity index is 1.25. The zero-order valence-corrected chi connectivity index (χ0v) is 24.3. The minimum absolute atomic E-state index is 0.247. The lowest BCUT2D eigenvalue weighted by Gasteiger charge is -2.42. The summed E-state index contributed by atoms with van der Waals surface area (Å²) < 4.78 is 25.5. The lowest BCUT2D eigenvalue weighted by molar-refractivity contribution is 0.155. The fourth-order valence-corrected chi connectivity index (χ4v) is 6.35. The first-order chi connectivity index (χ1) is 20.2. The Kier molecular flexibility index (Phi) is 8.70. The van der Waals surface area contributed by atoms with Gasteiger partial charge in [0.15, 0.2) is 23.0 Å². The highest BCUT2D eigenvalue weighted by atomic mass is 16.7. The molecular formula is C32H41N5O4. The van der Waals surface area contributed by atoms with Crippen LogP contribution in [0.2, 0.25) is 0 Å². The van der Waals surface area contributed by atoms with Gasteiger partial charge in [-0.3, -0.25) is 4.90 Å². The van der Waals surface area contributed by atoms with Crippen molar-refractivity contribution >= 4 is 6.21 Å².